The number of H-pyrrole nitrogens is 1. The zero-order valence-electron chi connectivity index (χ0n) is 7.73. The Morgan fingerprint density at radius 2 is 2.36 bits per heavy atom. The van der Waals surface area contributed by atoms with Crippen LogP contribution in [0.2, 0.25) is 0 Å². The van der Waals surface area contributed by atoms with E-state index >= 15 is 0 Å². The van der Waals surface area contributed by atoms with Crippen molar-refractivity contribution in [3.8, 4) is 0 Å². The SMILES string of the molecule is O=S(=O)(CC1CCC1)Nc1cn[nH]c1. The number of nitrogens with one attached hydrogen (secondary N) is 2. The fraction of sp³-hybridized carbons (Fsp3) is 0.625. The molecule has 1 aliphatic carbocycles. The standard InChI is InChI=1S/C8H13N3O2S/c12-14(13,6-7-2-1-3-7)11-8-4-9-10-5-8/h4-5,7,11H,1-3,6H2,(H,9,10). The minimum absolute atomic E-state index is 0.234. The van der Waals surface area contributed by atoms with E-state index in [0.29, 0.717) is 11.6 Å². The number of nitrogens with zero attached hydrogens (tertiary/aromatic N) is 1. The molecule has 0 radical (unpaired) electrons. The second-order valence-electron chi connectivity index (χ2n) is 3.67. The summed E-state index contributed by atoms with van der Waals surface area (Å²) in [4.78, 5) is 0. The quantitative estimate of drug-likeness (QED) is 0.785. The molecule has 0 bridgehead atoms. The highest BCUT2D eigenvalue weighted by atomic mass is 32.2. The van der Waals surface area contributed by atoms with Crippen LogP contribution in [0.1, 0.15) is 19.3 Å². The fourth-order valence-corrected chi connectivity index (χ4v) is 3.01. The number of rotatable bonds is 4. The zero-order valence-corrected chi connectivity index (χ0v) is 8.55. The molecular formula is C8H13N3O2S. The molecule has 1 saturated carbocycles. The molecule has 5 nitrogen and oxygen atoms in total. The Bertz CT molecular complexity index is 381. The minimum atomic E-state index is -3.17. The third kappa shape index (κ3) is 2.25. The molecule has 0 unspecified atom stereocenters. The molecule has 0 amide bonds. The van der Waals surface area contributed by atoms with Gasteiger partial charge in [0, 0.05) is 6.20 Å². The second kappa shape index (κ2) is 3.61. The van der Waals surface area contributed by atoms with Gasteiger partial charge in [-0.15, -0.1) is 0 Å². The summed E-state index contributed by atoms with van der Waals surface area (Å²) in [5.74, 6) is 0.581. The summed E-state index contributed by atoms with van der Waals surface area (Å²) in [6.07, 6.45) is 6.21. The number of anilines is 1. The number of aromatic amines is 1. The van der Waals surface area contributed by atoms with Crippen molar-refractivity contribution in [1.82, 2.24) is 10.2 Å². The first kappa shape index (κ1) is 9.51. The van der Waals surface area contributed by atoms with E-state index in [1.54, 1.807) is 0 Å². The summed E-state index contributed by atoms with van der Waals surface area (Å²) in [6, 6.07) is 0. The maximum Gasteiger partial charge on any atom is 0.233 e. The molecule has 78 valence electrons. The van der Waals surface area contributed by atoms with Gasteiger partial charge in [0.25, 0.3) is 0 Å². The predicted octanol–water partition coefficient (Wildman–Crippen LogP) is 0.952. The Labute approximate surface area is 83.0 Å². The molecule has 2 rings (SSSR count). The van der Waals surface area contributed by atoms with Crippen molar-refractivity contribution < 1.29 is 8.42 Å². The lowest BCUT2D eigenvalue weighted by atomic mass is 9.87. The van der Waals surface area contributed by atoms with Gasteiger partial charge in [0.1, 0.15) is 0 Å². The van der Waals surface area contributed by atoms with Crippen molar-refractivity contribution in [2.45, 2.75) is 19.3 Å². The molecule has 2 N–H and O–H groups in total. The Morgan fingerprint density at radius 3 is 2.86 bits per heavy atom. The van der Waals surface area contributed by atoms with Crippen LogP contribution in [0.15, 0.2) is 12.4 Å². The summed E-state index contributed by atoms with van der Waals surface area (Å²) < 4.78 is 25.6. The van der Waals surface area contributed by atoms with Crippen molar-refractivity contribution in [3.63, 3.8) is 0 Å². The summed E-state index contributed by atoms with van der Waals surface area (Å²) in [7, 11) is -3.17. The first-order chi connectivity index (χ1) is 6.66. The molecule has 0 aromatic carbocycles. The maximum absolute atomic E-state index is 11.5. The van der Waals surface area contributed by atoms with Crippen LogP contribution in [0.3, 0.4) is 0 Å². The lowest BCUT2D eigenvalue weighted by molar-refractivity contribution is 0.347. The first-order valence-electron chi connectivity index (χ1n) is 4.65. The van der Waals surface area contributed by atoms with E-state index in [1.807, 2.05) is 0 Å². The second-order valence-corrected chi connectivity index (χ2v) is 5.43. The van der Waals surface area contributed by atoms with Gasteiger partial charge in [-0.05, 0) is 18.8 Å². The van der Waals surface area contributed by atoms with Gasteiger partial charge in [-0.2, -0.15) is 5.10 Å². The van der Waals surface area contributed by atoms with Crippen LogP contribution in [0.5, 0.6) is 0 Å². The number of aromatic nitrogens is 2. The van der Waals surface area contributed by atoms with Gasteiger partial charge in [-0.3, -0.25) is 9.82 Å². The lowest BCUT2D eigenvalue weighted by Gasteiger charge is -2.24. The molecule has 1 aliphatic rings. The molecule has 1 aromatic heterocycles. The fourth-order valence-electron chi connectivity index (χ4n) is 1.50. The highest BCUT2D eigenvalue weighted by Gasteiger charge is 2.24. The predicted molar refractivity (Wildman–Crippen MR) is 53.3 cm³/mol. The highest BCUT2D eigenvalue weighted by Crippen LogP contribution is 2.27. The van der Waals surface area contributed by atoms with Crippen molar-refractivity contribution in [2.75, 3.05) is 10.5 Å². The third-order valence-corrected chi connectivity index (χ3v) is 3.91. The number of hydrogen-bond acceptors (Lipinski definition) is 3. The van der Waals surface area contributed by atoms with Gasteiger partial charge in [0.15, 0.2) is 0 Å². The van der Waals surface area contributed by atoms with E-state index in [-0.39, 0.29) is 5.75 Å². The van der Waals surface area contributed by atoms with Crippen LogP contribution >= 0.6 is 0 Å². The van der Waals surface area contributed by atoms with Gasteiger partial charge in [0.05, 0.1) is 17.6 Å². The molecule has 0 aliphatic heterocycles. The van der Waals surface area contributed by atoms with Gasteiger partial charge in [-0.25, -0.2) is 8.42 Å². The summed E-state index contributed by atoms with van der Waals surface area (Å²) in [5.41, 5.74) is 0.504. The van der Waals surface area contributed by atoms with E-state index in [1.165, 1.54) is 12.4 Å². The van der Waals surface area contributed by atoms with Crippen LogP contribution in [0.25, 0.3) is 0 Å². The molecule has 1 heterocycles. The lowest BCUT2D eigenvalue weighted by Crippen LogP contribution is -2.26. The van der Waals surface area contributed by atoms with Gasteiger partial charge in [-0.1, -0.05) is 6.42 Å². The largest absolute Gasteiger partial charge is 0.284 e. The minimum Gasteiger partial charge on any atom is -0.284 e. The smallest absolute Gasteiger partial charge is 0.233 e. The average molecular weight is 215 g/mol. The number of sulfonamides is 1. The van der Waals surface area contributed by atoms with E-state index in [9.17, 15) is 8.42 Å². The molecule has 0 saturated heterocycles. The maximum atomic E-state index is 11.5. The van der Waals surface area contributed by atoms with E-state index in [2.05, 4.69) is 14.9 Å². The van der Waals surface area contributed by atoms with Crippen molar-refractivity contribution in [2.24, 2.45) is 5.92 Å². The van der Waals surface area contributed by atoms with Gasteiger partial charge in [0.2, 0.25) is 10.0 Å². The van der Waals surface area contributed by atoms with Gasteiger partial charge < -0.3 is 0 Å². The molecule has 1 fully saturated rings. The molecule has 1 aromatic rings. The Hall–Kier alpha value is -1.04. The highest BCUT2D eigenvalue weighted by molar-refractivity contribution is 7.92. The number of hydrogen-bond donors (Lipinski definition) is 2. The van der Waals surface area contributed by atoms with E-state index in [4.69, 9.17) is 0 Å². The van der Waals surface area contributed by atoms with Crippen molar-refractivity contribution in [1.29, 1.82) is 0 Å². The van der Waals surface area contributed by atoms with Crippen molar-refractivity contribution >= 4 is 15.7 Å². The van der Waals surface area contributed by atoms with Crippen LogP contribution in [0, 0.1) is 5.92 Å². The third-order valence-electron chi connectivity index (χ3n) is 2.45. The average Bonchev–Trinajstić information content (AvgIpc) is 2.49. The monoisotopic (exact) mass is 215 g/mol. The van der Waals surface area contributed by atoms with Crippen LogP contribution in [0.4, 0.5) is 5.69 Å². The summed E-state index contributed by atoms with van der Waals surface area (Å²) in [6.45, 7) is 0. The Balaban J connectivity index is 1.95. The van der Waals surface area contributed by atoms with Crippen LogP contribution in [-0.4, -0.2) is 24.4 Å². The topological polar surface area (TPSA) is 74.8 Å². The Kier molecular flexibility index (Phi) is 2.45. The van der Waals surface area contributed by atoms with Crippen LogP contribution in [-0.2, 0) is 10.0 Å². The van der Waals surface area contributed by atoms with Gasteiger partial charge >= 0.3 is 0 Å². The van der Waals surface area contributed by atoms with E-state index < -0.39 is 10.0 Å². The Morgan fingerprint density at radius 1 is 1.57 bits per heavy atom. The first-order valence-corrected chi connectivity index (χ1v) is 6.30. The van der Waals surface area contributed by atoms with Crippen molar-refractivity contribution in [3.05, 3.63) is 12.4 Å². The molecule has 0 atom stereocenters. The summed E-state index contributed by atoms with van der Waals surface area (Å²) >= 11 is 0. The summed E-state index contributed by atoms with van der Waals surface area (Å²) in [5, 5.41) is 6.22. The molecule has 6 heteroatoms. The zero-order chi connectivity index (χ0) is 10.0. The molecule has 0 spiro atoms. The van der Waals surface area contributed by atoms with E-state index in [0.717, 1.165) is 19.3 Å². The molecular weight excluding hydrogens is 202 g/mol. The van der Waals surface area contributed by atoms with Crippen LogP contribution < -0.4 is 4.72 Å². The normalized spacial score (nSPS) is 17.7. The molecule has 14 heavy (non-hydrogen) atoms.